The first kappa shape index (κ1) is 31.4. The van der Waals surface area contributed by atoms with Crippen molar-refractivity contribution in [1.82, 2.24) is 19.1 Å². The van der Waals surface area contributed by atoms with Crippen molar-refractivity contribution >= 4 is 65.3 Å². The zero-order valence-electron chi connectivity index (χ0n) is 31.3. The number of hydrogen-bond acceptors (Lipinski definition) is 2. The van der Waals surface area contributed by atoms with Gasteiger partial charge in [-0.3, -0.25) is 0 Å². The van der Waals surface area contributed by atoms with Crippen LogP contribution in [0.1, 0.15) is 0 Å². The van der Waals surface area contributed by atoms with Crippen LogP contribution < -0.4 is 0 Å². The summed E-state index contributed by atoms with van der Waals surface area (Å²) < 4.78 is 4.78. The van der Waals surface area contributed by atoms with E-state index in [0.717, 1.165) is 50.4 Å². The zero-order chi connectivity index (χ0) is 37.9. The molecule has 3 heterocycles. The summed E-state index contributed by atoms with van der Waals surface area (Å²) in [5.74, 6) is 0.735. The van der Waals surface area contributed by atoms with E-state index in [0.29, 0.717) is 0 Å². The van der Waals surface area contributed by atoms with Gasteiger partial charge in [0.2, 0.25) is 0 Å². The highest BCUT2D eigenvalue weighted by Crippen LogP contribution is 2.46. The van der Waals surface area contributed by atoms with E-state index in [4.69, 9.17) is 9.97 Å². The van der Waals surface area contributed by atoms with Crippen LogP contribution in [0.15, 0.2) is 194 Å². The van der Waals surface area contributed by atoms with Crippen LogP contribution in [0.5, 0.6) is 0 Å². The number of benzene rings is 9. The van der Waals surface area contributed by atoms with Gasteiger partial charge < -0.3 is 9.13 Å². The topological polar surface area (TPSA) is 35.6 Å². The molecule has 0 spiro atoms. The molecule has 12 aromatic rings. The molecule has 4 heteroatoms. The molecule has 0 saturated carbocycles. The minimum Gasteiger partial charge on any atom is -0.309 e. The van der Waals surface area contributed by atoms with Gasteiger partial charge in [0.05, 0.1) is 33.3 Å². The standard InChI is InChI=1S/C54H32N4/c1-2-15-38(16-3-1)57-50-27-25-36(31-45(50)46-29-33-12-4-5-13-34(33)32-51(46)57)35-24-26-49-44(30-35)41-19-8-9-23-48(41)58(49)39-17-10-14-37(28-39)54-55-47-22-11-21-42-40-18-6-7-20-43(40)53(56-54)52(42)47/h1-32H. The van der Waals surface area contributed by atoms with E-state index in [1.165, 1.54) is 71.2 Å². The summed E-state index contributed by atoms with van der Waals surface area (Å²) in [7, 11) is 0. The Morgan fingerprint density at radius 3 is 1.76 bits per heavy atom. The molecule has 0 radical (unpaired) electrons. The Morgan fingerprint density at radius 2 is 0.931 bits per heavy atom. The maximum absolute atomic E-state index is 5.23. The summed E-state index contributed by atoms with van der Waals surface area (Å²) in [6.45, 7) is 0. The lowest BCUT2D eigenvalue weighted by atomic mass is 10.00. The molecule has 13 rings (SSSR count). The molecular formula is C54H32N4. The average Bonchev–Trinajstić information content (AvgIpc) is 3.91. The normalized spacial score (nSPS) is 12.1. The van der Waals surface area contributed by atoms with Gasteiger partial charge in [0, 0.05) is 49.4 Å². The molecule has 0 unspecified atom stereocenters. The monoisotopic (exact) mass is 736 g/mol. The van der Waals surface area contributed by atoms with E-state index in [1.807, 2.05) is 0 Å². The fourth-order valence-electron chi connectivity index (χ4n) is 9.61. The third-order valence-corrected chi connectivity index (χ3v) is 12.2. The second-order valence-corrected chi connectivity index (χ2v) is 15.4. The van der Waals surface area contributed by atoms with Crippen molar-refractivity contribution in [2.24, 2.45) is 0 Å². The fraction of sp³-hybridized carbons (Fsp3) is 0. The van der Waals surface area contributed by atoms with Crippen LogP contribution in [0.2, 0.25) is 0 Å². The fourth-order valence-corrected chi connectivity index (χ4v) is 9.61. The quantitative estimate of drug-likeness (QED) is 0.180. The largest absolute Gasteiger partial charge is 0.309 e. The van der Waals surface area contributed by atoms with Crippen molar-refractivity contribution in [2.75, 3.05) is 0 Å². The summed E-state index contributed by atoms with van der Waals surface area (Å²) >= 11 is 0. The van der Waals surface area contributed by atoms with Crippen LogP contribution in [0.25, 0.3) is 122 Å². The number of aromatic nitrogens is 4. The molecule has 0 fully saturated rings. The lowest BCUT2D eigenvalue weighted by Gasteiger charge is -2.11. The van der Waals surface area contributed by atoms with E-state index in [1.54, 1.807) is 0 Å². The Morgan fingerprint density at radius 1 is 0.328 bits per heavy atom. The van der Waals surface area contributed by atoms with E-state index < -0.39 is 0 Å². The minimum absolute atomic E-state index is 0.735. The average molecular weight is 737 g/mol. The van der Waals surface area contributed by atoms with E-state index >= 15 is 0 Å². The third kappa shape index (κ3) is 4.45. The molecule has 0 atom stereocenters. The van der Waals surface area contributed by atoms with Crippen LogP contribution in [0.3, 0.4) is 0 Å². The Balaban J connectivity index is 0.966. The Labute approximate surface area is 333 Å². The van der Waals surface area contributed by atoms with Crippen LogP contribution in [0.4, 0.5) is 0 Å². The molecular weight excluding hydrogens is 705 g/mol. The predicted molar refractivity (Wildman–Crippen MR) is 241 cm³/mol. The molecule has 0 amide bonds. The molecule has 0 bridgehead atoms. The number of hydrogen-bond donors (Lipinski definition) is 0. The molecule has 4 nitrogen and oxygen atoms in total. The Kier molecular flexibility index (Phi) is 6.41. The molecule has 1 aliphatic carbocycles. The van der Waals surface area contributed by atoms with Gasteiger partial charge in [-0.15, -0.1) is 0 Å². The van der Waals surface area contributed by atoms with Gasteiger partial charge in [-0.2, -0.15) is 0 Å². The van der Waals surface area contributed by atoms with Gasteiger partial charge in [-0.1, -0.05) is 121 Å². The second kappa shape index (κ2) is 11.8. The van der Waals surface area contributed by atoms with Crippen molar-refractivity contribution < 1.29 is 0 Å². The van der Waals surface area contributed by atoms with Crippen molar-refractivity contribution in [3.8, 4) is 56.3 Å². The molecule has 0 N–H and O–H groups in total. The summed E-state index contributed by atoms with van der Waals surface area (Å²) in [5.41, 5.74) is 15.9. The zero-order valence-corrected chi connectivity index (χ0v) is 31.3. The lowest BCUT2D eigenvalue weighted by molar-refractivity contribution is 1.17. The number of rotatable bonds is 4. The van der Waals surface area contributed by atoms with Crippen LogP contribution >= 0.6 is 0 Å². The summed E-state index contributed by atoms with van der Waals surface area (Å²) in [5, 5.41) is 8.56. The number of nitrogens with zero attached hydrogens (tertiary/aromatic N) is 4. The SMILES string of the molecule is c1ccc(-n2c3ccc(-c4ccc5c(c4)c4ccccc4n5-c4cccc(-c5nc6c7c(cccc7n5)-c5ccccc5-6)c4)cc3c3cc4ccccc4cc32)cc1. The van der Waals surface area contributed by atoms with Crippen LogP contribution in [-0.4, -0.2) is 19.1 Å². The molecule has 268 valence electrons. The third-order valence-electron chi connectivity index (χ3n) is 12.2. The Hall–Kier alpha value is -7.82. The van der Waals surface area contributed by atoms with Gasteiger partial charge in [-0.25, -0.2) is 9.97 Å². The second-order valence-electron chi connectivity index (χ2n) is 15.4. The summed E-state index contributed by atoms with van der Waals surface area (Å²) in [6, 6.07) is 70.3. The molecule has 9 aromatic carbocycles. The predicted octanol–water partition coefficient (Wildman–Crippen LogP) is 14.0. The van der Waals surface area contributed by atoms with E-state index in [-0.39, 0.29) is 0 Å². The van der Waals surface area contributed by atoms with Crippen molar-refractivity contribution in [3.05, 3.63) is 194 Å². The van der Waals surface area contributed by atoms with Crippen molar-refractivity contribution in [1.29, 1.82) is 0 Å². The smallest absolute Gasteiger partial charge is 0.160 e. The number of para-hydroxylation sites is 2. The molecule has 58 heavy (non-hydrogen) atoms. The van der Waals surface area contributed by atoms with Crippen LogP contribution in [0, 0.1) is 0 Å². The minimum atomic E-state index is 0.735. The maximum atomic E-state index is 5.23. The molecule has 3 aromatic heterocycles. The first-order valence-electron chi connectivity index (χ1n) is 19.8. The van der Waals surface area contributed by atoms with Gasteiger partial charge in [0.25, 0.3) is 0 Å². The van der Waals surface area contributed by atoms with Crippen molar-refractivity contribution in [2.45, 2.75) is 0 Å². The summed E-state index contributed by atoms with van der Waals surface area (Å²) in [4.78, 5) is 10.4. The van der Waals surface area contributed by atoms with E-state index in [9.17, 15) is 0 Å². The first-order valence-corrected chi connectivity index (χ1v) is 19.8. The molecule has 0 saturated heterocycles. The number of fused-ring (bicyclic) bond motifs is 10. The van der Waals surface area contributed by atoms with Gasteiger partial charge in [0.1, 0.15) is 0 Å². The van der Waals surface area contributed by atoms with Gasteiger partial charge in [0.15, 0.2) is 5.82 Å². The Bertz CT molecular complexity index is 3680. The van der Waals surface area contributed by atoms with Crippen LogP contribution in [-0.2, 0) is 0 Å². The highest BCUT2D eigenvalue weighted by molar-refractivity contribution is 6.16. The highest BCUT2D eigenvalue weighted by Gasteiger charge is 2.24. The van der Waals surface area contributed by atoms with E-state index in [2.05, 4.69) is 203 Å². The lowest BCUT2D eigenvalue weighted by Crippen LogP contribution is -1.97. The van der Waals surface area contributed by atoms with Gasteiger partial charge in [-0.05, 0) is 106 Å². The summed E-state index contributed by atoms with van der Waals surface area (Å²) in [6.07, 6.45) is 0. The highest BCUT2D eigenvalue weighted by atomic mass is 15.0. The maximum Gasteiger partial charge on any atom is 0.160 e. The first-order chi connectivity index (χ1) is 28.7. The molecule has 0 aliphatic heterocycles. The van der Waals surface area contributed by atoms with Gasteiger partial charge >= 0.3 is 0 Å². The molecule has 1 aliphatic rings. The van der Waals surface area contributed by atoms with Crippen molar-refractivity contribution in [3.63, 3.8) is 0 Å².